The molecule has 3 aromatic rings. The Hall–Kier alpha value is -3.54. The predicted molar refractivity (Wildman–Crippen MR) is 120 cm³/mol. The molecule has 0 radical (unpaired) electrons. The number of carbonyl (C=O) groups excluding carboxylic acids is 1. The number of rotatable bonds is 9. The van der Waals surface area contributed by atoms with Crippen LogP contribution in [0.2, 0.25) is 0 Å². The molecular formula is C24H26N2O4. The highest BCUT2D eigenvalue weighted by atomic mass is 16.6. The number of fused-ring (bicyclic) bond motifs is 1. The van der Waals surface area contributed by atoms with Gasteiger partial charge in [0, 0.05) is 17.5 Å². The van der Waals surface area contributed by atoms with Crippen LogP contribution in [0.15, 0.2) is 65.8 Å². The maximum atomic E-state index is 12.7. The smallest absolute Gasteiger partial charge is 0.267 e. The first-order chi connectivity index (χ1) is 14.7. The zero-order valence-corrected chi connectivity index (χ0v) is 17.5. The van der Waals surface area contributed by atoms with Crippen molar-refractivity contribution in [1.82, 2.24) is 0 Å². The summed E-state index contributed by atoms with van der Waals surface area (Å²) in [5.41, 5.74) is 1.65. The summed E-state index contributed by atoms with van der Waals surface area (Å²) in [6.45, 7) is 4.80. The number of ether oxygens (including phenoxy) is 2. The number of hydrogen-bond donors (Lipinski definition) is 0. The summed E-state index contributed by atoms with van der Waals surface area (Å²) < 4.78 is 10.8. The van der Waals surface area contributed by atoms with Gasteiger partial charge in [-0.1, -0.05) is 41.6 Å². The molecule has 0 aliphatic rings. The molecule has 0 spiro atoms. The third kappa shape index (κ3) is 4.89. The van der Waals surface area contributed by atoms with Crippen molar-refractivity contribution in [3.8, 4) is 11.5 Å². The minimum absolute atomic E-state index is 0.151. The topological polar surface area (TPSA) is 60.4 Å². The van der Waals surface area contributed by atoms with E-state index >= 15 is 0 Å². The Morgan fingerprint density at radius 2 is 1.83 bits per heavy atom. The van der Waals surface area contributed by atoms with Gasteiger partial charge in [0.15, 0.2) is 18.1 Å². The minimum atomic E-state index is -0.157. The van der Waals surface area contributed by atoms with Crippen LogP contribution in [0.4, 0.5) is 5.69 Å². The van der Waals surface area contributed by atoms with Crippen molar-refractivity contribution in [2.24, 2.45) is 5.16 Å². The fraction of sp³-hybridized carbons (Fsp3) is 0.250. The number of anilines is 1. The van der Waals surface area contributed by atoms with Crippen LogP contribution in [0.25, 0.3) is 10.8 Å². The van der Waals surface area contributed by atoms with Crippen LogP contribution < -0.4 is 14.4 Å². The number of nitrogens with zero attached hydrogens (tertiary/aromatic N) is 2. The lowest BCUT2D eigenvalue weighted by molar-refractivity contribution is -0.123. The Kier molecular flexibility index (Phi) is 7.27. The van der Waals surface area contributed by atoms with E-state index in [-0.39, 0.29) is 12.5 Å². The van der Waals surface area contributed by atoms with Crippen molar-refractivity contribution in [2.75, 3.05) is 31.8 Å². The van der Waals surface area contributed by atoms with E-state index in [1.165, 1.54) is 0 Å². The largest absolute Gasteiger partial charge is 0.493 e. The molecule has 6 nitrogen and oxygen atoms in total. The zero-order chi connectivity index (χ0) is 21.3. The second kappa shape index (κ2) is 10.3. The van der Waals surface area contributed by atoms with Gasteiger partial charge in [-0.25, -0.2) is 0 Å². The Balaban J connectivity index is 1.66. The van der Waals surface area contributed by atoms with Gasteiger partial charge in [-0.05, 0) is 43.5 Å². The van der Waals surface area contributed by atoms with Gasteiger partial charge in [-0.15, -0.1) is 0 Å². The molecule has 3 rings (SSSR count). The summed E-state index contributed by atoms with van der Waals surface area (Å²) in [7, 11) is 1.58. The predicted octanol–water partition coefficient (Wildman–Crippen LogP) is 4.65. The highest BCUT2D eigenvalue weighted by Gasteiger charge is 2.16. The second-order valence-corrected chi connectivity index (χ2v) is 6.49. The van der Waals surface area contributed by atoms with Gasteiger partial charge >= 0.3 is 0 Å². The molecule has 0 fully saturated rings. The van der Waals surface area contributed by atoms with E-state index in [0.717, 1.165) is 22.0 Å². The van der Waals surface area contributed by atoms with Gasteiger partial charge in [-0.3, -0.25) is 4.79 Å². The Morgan fingerprint density at radius 3 is 2.60 bits per heavy atom. The zero-order valence-electron chi connectivity index (χ0n) is 17.5. The maximum absolute atomic E-state index is 12.7. The number of oxime groups is 1. The van der Waals surface area contributed by atoms with E-state index in [4.69, 9.17) is 14.3 Å². The van der Waals surface area contributed by atoms with Crippen LogP contribution in [-0.2, 0) is 9.63 Å². The van der Waals surface area contributed by atoms with Gasteiger partial charge in [0.1, 0.15) is 0 Å². The molecule has 156 valence electrons. The van der Waals surface area contributed by atoms with Gasteiger partial charge in [0.2, 0.25) is 0 Å². The number of likely N-dealkylation sites (N-methyl/N-ethyl adjacent to an activating group) is 1. The number of amides is 1. The normalized spacial score (nSPS) is 10.9. The maximum Gasteiger partial charge on any atom is 0.267 e. The molecule has 6 heteroatoms. The van der Waals surface area contributed by atoms with Crippen LogP contribution in [0.5, 0.6) is 11.5 Å². The number of methoxy groups -OCH3 is 1. The molecule has 0 heterocycles. The highest BCUT2D eigenvalue weighted by Crippen LogP contribution is 2.28. The molecule has 0 saturated heterocycles. The van der Waals surface area contributed by atoms with Gasteiger partial charge in [0.25, 0.3) is 5.91 Å². The number of hydrogen-bond acceptors (Lipinski definition) is 5. The fourth-order valence-electron chi connectivity index (χ4n) is 3.23. The SMILES string of the molecule is CCOc1ccc(/C=N/OCC(=O)N(CC)c2cccc3ccccc23)cc1OC. The average molecular weight is 406 g/mol. The standard InChI is InChI=1S/C24H26N2O4/c1-4-26(21-12-8-10-19-9-6-7-11-20(19)21)24(27)17-30-25-16-18-13-14-22(29-5-2)23(15-18)28-3/h6-16H,4-5,17H2,1-3H3/b25-16+. The molecule has 0 unspecified atom stereocenters. The molecule has 0 aliphatic carbocycles. The summed E-state index contributed by atoms with van der Waals surface area (Å²) in [4.78, 5) is 19.7. The van der Waals surface area contributed by atoms with Gasteiger partial charge < -0.3 is 19.2 Å². The van der Waals surface area contributed by atoms with E-state index in [1.54, 1.807) is 24.3 Å². The first-order valence-corrected chi connectivity index (χ1v) is 9.92. The van der Waals surface area contributed by atoms with Crippen LogP contribution in [0, 0.1) is 0 Å². The molecule has 3 aromatic carbocycles. The second-order valence-electron chi connectivity index (χ2n) is 6.49. The third-order valence-electron chi connectivity index (χ3n) is 4.63. The van der Waals surface area contributed by atoms with Crippen molar-refractivity contribution in [3.63, 3.8) is 0 Å². The lowest BCUT2D eigenvalue weighted by Gasteiger charge is -2.22. The van der Waals surface area contributed by atoms with E-state index in [0.29, 0.717) is 24.7 Å². The van der Waals surface area contributed by atoms with E-state index in [1.807, 2.05) is 68.4 Å². The summed E-state index contributed by atoms with van der Waals surface area (Å²) in [5.74, 6) is 1.13. The first-order valence-electron chi connectivity index (χ1n) is 9.92. The van der Waals surface area contributed by atoms with Crippen LogP contribution in [0.1, 0.15) is 19.4 Å². The van der Waals surface area contributed by atoms with Crippen molar-refractivity contribution in [3.05, 3.63) is 66.2 Å². The Bertz CT molecular complexity index is 1030. The Labute approximate surface area is 176 Å². The van der Waals surface area contributed by atoms with Crippen molar-refractivity contribution in [1.29, 1.82) is 0 Å². The monoisotopic (exact) mass is 406 g/mol. The van der Waals surface area contributed by atoms with Gasteiger partial charge in [-0.2, -0.15) is 0 Å². The summed E-state index contributed by atoms with van der Waals surface area (Å²) in [6.07, 6.45) is 1.54. The average Bonchev–Trinajstić information content (AvgIpc) is 2.78. The van der Waals surface area contributed by atoms with E-state index < -0.39 is 0 Å². The first kappa shape index (κ1) is 21.2. The number of benzene rings is 3. The molecule has 30 heavy (non-hydrogen) atoms. The van der Waals surface area contributed by atoms with Crippen LogP contribution >= 0.6 is 0 Å². The Morgan fingerprint density at radius 1 is 1.03 bits per heavy atom. The minimum Gasteiger partial charge on any atom is -0.493 e. The lowest BCUT2D eigenvalue weighted by atomic mass is 10.1. The molecule has 0 saturated carbocycles. The van der Waals surface area contributed by atoms with Crippen LogP contribution in [-0.4, -0.2) is 39.0 Å². The fourth-order valence-corrected chi connectivity index (χ4v) is 3.23. The van der Waals surface area contributed by atoms with Crippen molar-refractivity contribution >= 4 is 28.6 Å². The lowest BCUT2D eigenvalue weighted by Crippen LogP contribution is -2.33. The number of carbonyl (C=O) groups is 1. The van der Waals surface area contributed by atoms with Gasteiger partial charge in [0.05, 0.1) is 25.6 Å². The van der Waals surface area contributed by atoms with Crippen molar-refractivity contribution in [2.45, 2.75) is 13.8 Å². The molecule has 0 N–H and O–H groups in total. The van der Waals surface area contributed by atoms with Crippen LogP contribution in [0.3, 0.4) is 0 Å². The van der Waals surface area contributed by atoms with Crippen molar-refractivity contribution < 1.29 is 19.1 Å². The molecule has 1 amide bonds. The molecule has 0 aliphatic heterocycles. The molecule has 0 aromatic heterocycles. The third-order valence-corrected chi connectivity index (χ3v) is 4.63. The molecule has 0 bridgehead atoms. The summed E-state index contributed by atoms with van der Waals surface area (Å²) in [5, 5.41) is 6.05. The summed E-state index contributed by atoms with van der Waals surface area (Å²) >= 11 is 0. The van der Waals surface area contributed by atoms with E-state index in [2.05, 4.69) is 5.16 Å². The highest BCUT2D eigenvalue weighted by molar-refractivity contribution is 6.04. The molecular weight excluding hydrogens is 380 g/mol. The quantitative estimate of drug-likeness (QED) is 0.383. The van der Waals surface area contributed by atoms with E-state index in [9.17, 15) is 4.79 Å². The summed E-state index contributed by atoms with van der Waals surface area (Å²) in [6, 6.07) is 19.4. The molecule has 0 atom stereocenters.